The largest absolute Gasteiger partial charge is 0.384 e. The number of nitrogens with one attached hydrogen (secondary N) is 3. The zero-order valence-corrected chi connectivity index (χ0v) is 20.2. The zero-order valence-electron chi connectivity index (χ0n) is 20.2. The molecular weight excluding hydrogens is 434 g/mol. The topological polar surface area (TPSA) is 143 Å². The van der Waals surface area contributed by atoms with Gasteiger partial charge in [-0.3, -0.25) is 15.0 Å². The monoisotopic (exact) mass is 469 g/mol. The molecule has 0 saturated carbocycles. The van der Waals surface area contributed by atoms with Crippen LogP contribution in [0.5, 0.6) is 0 Å². The maximum absolute atomic E-state index is 13.4. The molecule has 0 aliphatic carbocycles. The van der Waals surface area contributed by atoms with Crippen molar-refractivity contribution in [2.24, 2.45) is 15.8 Å². The zero-order chi connectivity index (χ0) is 24.8. The molecule has 0 aromatic rings. The standard InChI is InChI=1S/C23H35N9O2/c1-15-13-32(28-4)20(29-21(15)30-10-8-16(24)14-30)11-17-7-5-6-9-31(17)23(34)19(26-2)12-18(25)22(33)27-3/h11-13,16-17,25-26H,4-10,14,24H2,1-3H3,(H,27,33)/b19-12-,20-11-,25-18?/t16-,17?/m0/s1. The summed E-state index contributed by atoms with van der Waals surface area (Å²) in [5.74, 6) is 0.642. The lowest BCUT2D eigenvalue weighted by molar-refractivity contribution is -0.130. The van der Waals surface area contributed by atoms with Crippen LogP contribution in [0.25, 0.3) is 0 Å². The number of amides is 2. The van der Waals surface area contributed by atoms with E-state index < -0.39 is 5.91 Å². The Kier molecular flexibility index (Phi) is 8.21. The Morgan fingerprint density at radius 2 is 2.03 bits per heavy atom. The molecule has 2 amide bonds. The number of piperidine rings is 1. The second kappa shape index (κ2) is 11.1. The molecule has 184 valence electrons. The molecule has 3 rings (SSSR count). The van der Waals surface area contributed by atoms with Gasteiger partial charge in [0.2, 0.25) is 0 Å². The number of hydrogen-bond acceptors (Lipinski definition) is 9. The van der Waals surface area contributed by atoms with Crippen LogP contribution in [0.4, 0.5) is 0 Å². The Morgan fingerprint density at radius 1 is 1.26 bits per heavy atom. The van der Waals surface area contributed by atoms with Crippen molar-refractivity contribution in [1.29, 1.82) is 5.41 Å². The first-order valence-electron chi connectivity index (χ1n) is 11.6. The predicted octanol–water partition coefficient (Wildman–Crippen LogP) is 0.344. The molecule has 0 bridgehead atoms. The minimum atomic E-state index is -0.557. The van der Waals surface area contributed by atoms with E-state index in [4.69, 9.17) is 16.1 Å². The van der Waals surface area contributed by atoms with Crippen LogP contribution in [0.2, 0.25) is 0 Å². The van der Waals surface area contributed by atoms with Crippen LogP contribution in [0.1, 0.15) is 32.6 Å². The number of hydrazone groups is 1. The lowest BCUT2D eigenvalue weighted by Gasteiger charge is -2.36. The molecule has 2 saturated heterocycles. The number of carbonyl (C=O) groups is 2. The number of rotatable bonds is 6. The molecule has 0 spiro atoms. The van der Waals surface area contributed by atoms with Crippen molar-refractivity contribution in [3.8, 4) is 0 Å². The molecule has 3 aliphatic rings. The molecule has 11 nitrogen and oxygen atoms in total. The number of aliphatic imine (C=N–C) groups is 1. The Morgan fingerprint density at radius 3 is 2.65 bits per heavy atom. The first-order chi connectivity index (χ1) is 16.3. The fraction of sp³-hybridized carbons (Fsp3) is 0.522. The molecule has 1 unspecified atom stereocenters. The summed E-state index contributed by atoms with van der Waals surface area (Å²) in [5.41, 5.74) is 6.98. The minimum absolute atomic E-state index is 0.130. The lowest BCUT2D eigenvalue weighted by Crippen LogP contribution is -2.46. The van der Waals surface area contributed by atoms with E-state index in [9.17, 15) is 9.59 Å². The molecule has 11 heteroatoms. The summed E-state index contributed by atoms with van der Waals surface area (Å²) in [6.07, 6.45) is 8.63. The first-order valence-corrected chi connectivity index (χ1v) is 11.6. The highest BCUT2D eigenvalue weighted by molar-refractivity contribution is 6.42. The molecule has 34 heavy (non-hydrogen) atoms. The second-order valence-electron chi connectivity index (χ2n) is 8.62. The van der Waals surface area contributed by atoms with Crippen LogP contribution < -0.4 is 16.4 Å². The number of likely N-dealkylation sites (tertiary alicyclic amines) is 2. The normalized spacial score (nSPS) is 24.5. The molecule has 0 radical (unpaired) electrons. The van der Waals surface area contributed by atoms with Crippen molar-refractivity contribution in [3.05, 3.63) is 35.4 Å². The summed E-state index contributed by atoms with van der Waals surface area (Å²) < 4.78 is 0. The Bertz CT molecular complexity index is 965. The van der Waals surface area contributed by atoms with E-state index >= 15 is 0 Å². The van der Waals surface area contributed by atoms with Crippen LogP contribution >= 0.6 is 0 Å². The van der Waals surface area contributed by atoms with Gasteiger partial charge in [-0.15, -0.1) is 0 Å². The summed E-state index contributed by atoms with van der Waals surface area (Å²) in [6.45, 7) is 7.82. The van der Waals surface area contributed by atoms with Crippen LogP contribution in [0.15, 0.2) is 45.5 Å². The summed E-state index contributed by atoms with van der Waals surface area (Å²) in [4.78, 5) is 33.9. The number of nitrogens with two attached hydrogens (primary N) is 1. The fourth-order valence-corrected chi connectivity index (χ4v) is 4.38. The Labute approximate surface area is 200 Å². The SMILES string of the molecule is C=NN1C=C(C)C(N2CC[C@H](N)C2)=N/C1=C/C1CCCCN1C(=O)/C(=C/C(=N)C(=O)NC)NC. The van der Waals surface area contributed by atoms with Gasteiger partial charge < -0.3 is 26.2 Å². The third kappa shape index (κ3) is 5.53. The van der Waals surface area contributed by atoms with Gasteiger partial charge in [-0.2, -0.15) is 5.10 Å². The van der Waals surface area contributed by atoms with Crippen molar-refractivity contribution < 1.29 is 9.59 Å². The maximum atomic E-state index is 13.4. The van der Waals surface area contributed by atoms with Crippen molar-refractivity contribution in [2.75, 3.05) is 33.7 Å². The fourth-order valence-electron chi connectivity index (χ4n) is 4.38. The van der Waals surface area contributed by atoms with E-state index in [0.29, 0.717) is 12.4 Å². The summed E-state index contributed by atoms with van der Waals surface area (Å²) >= 11 is 0. The lowest BCUT2D eigenvalue weighted by atomic mass is 10.0. The van der Waals surface area contributed by atoms with E-state index in [0.717, 1.165) is 50.2 Å². The maximum Gasteiger partial charge on any atom is 0.270 e. The highest BCUT2D eigenvalue weighted by Gasteiger charge is 2.31. The second-order valence-corrected chi connectivity index (χ2v) is 8.62. The number of likely N-dealkylation sites (N-methyl/N-ethyl adjacent to an activating group) is 1. The molecule has 5 N–H and O–H groups in total. The highest BCUT2D eigenvalue weighted by Crippen LogP contribution is 2.26. The van der Waals surface area contributed by atoms with Gasteiger partial charge in [-0.25, -0.2) is 10.0 Å². The van der Waals surface area contributed by atoms with Gasteiger partial charge in [-0.05, 0) is 44.8 Å². The van der Waals surface area contributed by atoms with Gasteiger partial charge in [0.1, 0.15) is 17.2 Å². The Balaban J connectivity index is 1.90. The van der Waals surface area contributed by atoms with Gasteiger partial charge in [-0.1, -0.05) is 0 Å². The number of amidine groups is 1. The van der Waals surface area contributed by atoms with E-state index in [-0.39, 0.29) is 29.4 Å². The molecule has 0 aromatic carbocycles. The molecule has 2 atom stereocenters. The van der Waals surface area contributed by atoms with E-state index in [1.54, 1.807) is 17.0 Å². The van der Waals surface area contributed by atoms with E-state index in [2.05, 4.69) is 27.4 Å². The third-order valence-corrected chi connectivity index (χ3v) is 6.21. The molecule has 0 aromatic heterocycles. The quantitative estimate of drug-likeness (QED) is 0.326. The molecular formula is C23H35N9O2. The van der Waals surface area contributed by atoms with Crippen molar-refractivity contribution in [1.82, 2.24) is 25.4 Å². The van der Waals surface area contributed by atoms with Gasteiger partial charge in [0.15, 0.2) is 5.82 Å². The summed E-state index contributed by atoms with van der Waals surface area (Å²) in [6, 6.07) is -0.0886. The van der Waals surface area contributed by atoms with Gasteiger partial charge in [0.05, 0.1) is 6.04 Å². The number of carbonyl (C=O) groups excluding carboxylic acids is 2. The molecule has 2 fully saturated rings. The van der Waals surface area contributed by atoms with Gasteiger partial charge in [0.25, 0.3) is 11.8 Å². The van der Waals surface area contributed by atoms with Crippen molar-refractivity contribution in [3.63, 3.8) is 0 Å². The number of hydrogen-bond donors (Lipinski definition) is 4. The molecule has 3 heterocycles. The summed E-state index contributed by atoms with van der Waals surface area (Å²) in [5, 5.41) is 18.9. The van der Waals surface area contributed by atoms with Crippen molar-refractivity contribution in [2.45, 2.75) is 44.7 Å². The Hall–Kier alpha value is -3.47. The first kappa shape index (κ1) is 25.2. The number of nitrogens with zero attached hydrogens (tertiary/aromatic N) is 5. The van der Waals surface area contributed by atoms with E-state index in [1.807, 2.05) is 19.2 Å². The molecule has 3 aliphatic heterocycles. The average Bonchev–Trinajstić information content (AvgIpc) is 3.28. The summed E-state index contributed by atoms with van der Waals surface area (Å²) in [7, 11) is 3.05. The van der Waals surface area contributed by atoms with Crippen LogP contribution in [0, 0.1) is 5.41 Å². The smallest absolute Gasteiger partial charge is 0.270 e. The van der Waals surface area contributed by atoms with Crippen LogP contribution in [-0.4, -0.2) is 90.7 Å². The van der Waals surface area contributed by atoms with Gasteiger partial charge >= 0.3 is 0 Å². The van der Waals surface area contributed by atoms with E-state index in [1.165, 1.54) is 13.1 Å². The highest BCUT2D eigenvalue weighted by atomic mass is 16.2. The van der Waals surface area contributed by atoms with Crippen LogP contribution in [0.3, 0.4) is 0 Å². The predicted molar refractivity (Wildman–Crippen MR) is 133 cm³/mol. The van der Waals surface area contributed by atoms with Crippen molar-refractivity contribution >= 4 is 30.1 Å². The average molecular weight is 470 g/mol. The minimum Gasteiger partial charge on any atom is -0.384 e. The van der Waals surface area contributed by atoms with Gasteiger partial charge in [0, 0.05) is 58.3 Å². The van der Waals surface area contributed by atoms with Crippen LogP contribution in [-0.2, 0) is 9.59 Å². The third-order valence-electron chi connectivity index (χ3n) is 6.21.